The number of hydrogen-bond acceptors (Lipinski definition) is 3. The van der Waals surface area contributed by atoms with Gasteiger partial charge in [-0.2, -0.15) is 0 Å². The van der Waals surface area contributed by atoms with Crippen LogP contribution in [0.5, 0.6) is 5.75 Å². The molecule has 2 rings (SSSR count). The van der Waals surface area contributed by atoms with E-state index in [4.69, 9.17) is 10.5 Å². The third kappa shape index (κ3) is 2.76. The zero-order valence-corrected chi connectivity index (χ0v) is 10.1. The fourth-order valence-electron chi connectivity index (χ4n) is 2.42. The molecule has 1 aliphatic rings. The van der Waals surface area contributed by atoms with Crippen molar-refractivity contribution in [2.75, 3.05) is 20.2 Å². The minimum absolute atomic E-state index is 0.0763. The lowest BCUT2D eigenvalue weighted by atomic mass is 9.86. The molecule has 0 amide bonds. The summed E-state index contributed by atoms with van der Waals surface area (Å²) in [6.07, 6.45) is 2.11. The van der Waals surface area contributed by atoms with Crippen LogP contribution < -0.4 is 15.8 Å². The van der Waals surface area contributed by atoms with Gasteiger partial charge in [0.2, 0.25) is 0 Å². The van der Waals surface area contributed by atoms with Crippen LogP contribution >= 0.6 is 0 Å². The molecule has 1 aromatic carbocycles. The Balaban J connectivity index is 2.19. The molecule has 1 aliphatic heterocycles. The highest BCUT2D eigenvalue weighted by Crippen LogP contribution is 2.32. The van der Waals surface area contributed by atoms with Crippen LogP contribution in [0.1, 0.15) is 24.4 Å². The van der Waals surface area contributed by atoms with Crippen LogP contribution in [0, 0.1) is 11.7 Å². The molecule has 1 fully saturated rings. The zero-order valence-electron chi connectivity index (χ0n) is 10.1. The second-order valence-corrected chi connectivity index (χ2v) is 4.50. The molecule has 0 spiro atoms. The molecule has 0 unspecified atom stereocenters. The van der Waals surface area contributed by atoms with Crippen LogP contribution in [0.3, 0.4) is 0 Å². The van der Waals surface area contributed by atoms with Crippen molar-refractivity contribution in [3.05, 3.63) is 29.6 Å². The Bertz CT molecular complexity index is 378. The predicted octanol–water partition coefficient (Wildman–Crippen LogP) is 1.83. The van der Waals surface area contributed by atoms with Gasteiger partial charge in [0.1, 0.15) is 11.6 Å². The highest BCUT2D eigenvalue weighted by Gasteiger charge is 2.24. The number of halogens is 1. The Kier molecular flexibility index (Phi) is 3.97. The van der Waals surface area contributed by atoms with E-state index in [1.165, 1.54) is 12.1 Å². The van der Waals surface area contributed by atoms with Crippen molar-refractivity contribution < 1.29 is 9.13 Å². The zero-order chi connectivity index (χ0) is 12.3. The molecule has 0 bridgehead atoms. The van der Waals surface area contributed by atoms with Crippen molar-refractivity contribution in [2.24, 2.45) is 11.7 Å². The van der Waals surface area contributed by atoms with Gasteiger partial charge >= 0.3 is 0 Å². The van der Waals surface area contributed by atoms with Crippen molar-refractivity contribution in [2.45, 2.75) is 18.9 Å². The minimum atomic E-state index is -0.289. The number of hydrogen-bond donors (Lipinski definition) is 2. The molecule has 3 nitrogen and oxygen atoms in total. The van der Waals surface area contributed by atoms with Crippen molar-refractivity contribution >= 4 is 0 Å². The van der Waals surface area contributed by atoms with Crippen LogP contribution in [0.15, 0.2) is 18.2 Å². The maximum Gasteiger partial charge on any atom is 0.126 e. The molecular formula is C13H19FN2O. The van der Waals surface area contributed by atoms with Crippen molar-refractivity contribution in [3.63, 3.8) is 0 Å². The predicted molar refractivity (Wildman–Crippen MR) is 65.5 cm³/mol. The second-order valence-electron chi connectivity index (χ2n) is 4.50. The van der Waals surface area contributed by atoms with Gasteiger partial charge in [0.05, 0.1) is 7.11 Å². The van der Waals surface area contributed by atoms with Crippen molar-refractivity contribution in [1.82, 2.24) is 5.32 Å². The molecule has 1 saturated heterocycles. The van der Waals surface area contributed by atoms with Gasteiger partial charge < -0.3 is 15.8 Å². The number of rotatable bonds is 3. The topological polar surface area (TPSA) is 47.3 Å². The third-order valence-corrected chi connectivity index (χ3v) is 3.45. The average Bonchev–Trinajstić information content (AvgIpc) is 2.39. The summed E-state index contributed by atoms with van der Waals surface area (Å²) in [5.74, 6) is 0.703. The average molecular weight is 238 g/mol. The first-order valence-electron chi connectivity index (χ1n) is 6.02. The van der Waals surface area contributed by atoms with E-state index in [0.717, 1.165) is 31.5 Å². The van der Waals surface area contributed by atoms with Gasteiger partial charge in [-0.25, -0.2) is 4.39 Å². The van der Waals surface area contributed by atoms with Gasteiger partial charge in [0, 0.05) is 17.7 Å². The third-order valence-electron chi connectivity index (χ3n) is 3.45. The van der Waals surface area contributed by atoms with Crippen molar-refractivity contribution in [3.8, 4) is 5.75 Å². The summed E-state index contributed by atoms with van der Waals surface area (Å²) < 4.78 is 18.3. The van der Waals surface area contributed by atoms with Crippen LogP contribution in [0.25, 0.3) is 0 Å². The number of ether oxygens (including phenoxy) is 1. The van der Waals surface area contributed by atoms with Gasteiger partial charge in [-0.1, -0.05) is 6.07 Å². The number of piperidine rings is 1. The first kappa shape index (κ1) is 12.3. The van der Waals surface area contributed by atoms with E-state index in [1.54, 1.807) is 13.2 Å². The molecule has 94 valence electrons. The molecule has 1 aromatic rings. The van der Waals surface area contributed by atoms with Crippen molar-refractivity contribution in [1.29, 1.82) is 0 Å². The summed E-state index contributed by atoms with van der Waals surface area (Å²) in [5, 5.41) is 3.31. The highest BCUT2D eigenvalue weighted by molar-refractivity contribution is 5.36. The maximum absolute atomic E-state index is 13.1. The van der Waals surface area contributed by atoms with Crippen LogP contribution in [-0.2, 0) is 0 Å². The van der Waals surface area contributed by atoms with Gasteiger partial charge in [0.15, 0.2) is 0 Å². The van der Waals surface area contributed by atoms with Gasteiger partial charge in [-0.15, -0.1) is 0 Å². The van der Waals surface area contributed by atoms with Gasteiger partial charge in [-0.05, 0) is 37.9 Å². The highest BCUT2D eigenvalue weighted by atomic mass is 19.1. The summed E-state index contributed by atoms with van der Waals surface area (Å²) >= 11 is 0. The summed E-state index contributed by atoms with van der Waals surface area (Å²) in [6.45, 7) is 2.00. The summed E-state index contributed by atoms with van der Waals surface area (Å²) in [4.78, 5) is 0. The molecule has 0 aliphatic carbocycles. The quantitative estimate of drug-likeness (QED) is 0.844. The van der Waals surface area contributed by atoms with E-state index < -0.39 is 0 Å². The molecule has 17 heavy (non-hydrogen) atoms. The monoisotopic (exact) mass is 238 g/mol. The van der Waals surface area contributed by atoms with E-state index in [-0.39, 0.29) is 11.9 Å². The Morgan fingerprint density at radius 1 is 1.41 bits per heavy atom. The summed E-state index contributed by atoms with van der Waals surface area (Å²) in [6, 6.07) is 4.50. The summed E-state index contributed by atoms with van der Waals surface area (Å²) in [7, 11) is 1.55. The number of nitrogens with two attached hydrogens (primary N) is 1. The molecule has 1 atom stereocenters. The molecule has 0 radical (unpaired) electrons. The van der Waals surface area contributed by atoms with E-state index >= 15 is 0 Å². The number of methoxy groups -OCH3 is 1. The van der Waals surface area contributed by atoms with E-state index in [9.17, 15) is 4.39 Å². The smallest absolute Gasteiger partial charge is 0.126 e. The minimum Gasteiger partial charge on any atom is -0.496 e. The first-order chi connectivity index (χ1) is 8.22. The molecular weight excluding hydrogens is 219 g/mol. The molecule has 3 N–H and O–H groups in total. The van der Waals surface area contributed by atoms with Crippen LogP contribution in [0.4, 0.5) is 4.39 Å². The van der Waals surface area contributed by atoms with E-state index in [0.29, 0.717) is 11.7 Å². The Hall–Kier alpha value is -1.13. The van der Waals surface area contributed by atoms with Crippen LogP contribution in [-0.4, -0.2) is 20.2 Å². The lowest BCUT2D eigenvalue weighted by Gasteiger charge is -2.29. The number of nitrogens with one attached hydrogen (secondary N) is 1. The second kappa shape index (κ2) is 5.47. The fraction of sp³-hybridized carbons (Fsp3) is 0.538. The van der Waals surface area contributed by atoms with Gasteiger partial charge in [-0.3, -0.25) is 0 Å². The molecule has 4 heteroatoms. The van der Waals surface area contributed by atoms with E-state index in [1.807, 2.05) is 0 Å². The van der Waals surface area contributed by atoms with Crippen LogP contribution in [0.2, 0.25) is 0 Å². The normalized spacial score (nSPS) is 19.0. The summed E-state index contributed by atoms with van der Waals surface area (Å²) in [5.41, 5.74) is 7.17. The van der Waals surface area contributed by atoms with E-state index in [2.05, 4.69) is 5.32 Å². The lowest BCUT2D eigenvalue weighted by Crippen LogP contribution is -2.33. The Morgan fingerprint density at radius 3 is 2.76 bits per heavy atom. The lowest BCUT2D eigenvalue weighted by molar-refractivity contribution is 0.313. The Morgan fingerprint density at radius 2 is 2.12 bits per heavy atom. The molecule has 1 heterocycles. The Labute approximate surface area is 101 Å². The molecule has 0 aromatic heterocycles. The number of benzene rings is 1. The standard InChI is InChI=1S/C13H19FN2O/c1-17-12-8-10(14)2-3-11(12)13(15)9-4-6-16-7-5-9/h2-3,8-9,13,16H,4-7,15H2,1H3/t13-/m1/s1. The fourth-order valence-corrected chi connectivity index (χ4v) is 2.42. The first-order valence-corrected chi connectivity index (χ1v) is 6.02. The molecule has 0 saturated carbocycles. The SMILES string of the molecule is COc1cc(F)ccc1[C@H](N)C1CCNCC1. The largest absolute Gasteiger partial charge is 0.496 e. The maximum atomic E-state index is 13.1. The van der Waals surface area contributed by atoms with Gasteiger partial charge in [0.25, 0.3) is 0 Å².